The molecule has 0 aliphatic carbocycles. The number of benzene rings is 1. The summed E-state index contributed by atoms with van der Waals surface area (Å²) in [6.07, 6.45) is 9.72. The van der Waals surface area contributed by atoms with Gasteiger partial charge in [-0.2, -0.15) is 0 Å². The fourth-order valence-corrected chi connectivity index (χ4v) is 2.71. The molecule has 0 radical (unpaired) electrons. The molecular weight excluding hydrogens is 298 g/mol. The number of aromatic nitrogens is 4. The summed E-state index contributed by atoms with van der Waals surface area (Å²) in [7, 11) is 0. The van der Waals surface area contributed by atoms with Gasteiger partial charge in [-0.15, -0.1) is 10.2 Å². The Morgan fingerprint density at radius 1 is 1.00 bits per heavy atom. The molecule has 1 aliphatic rings. The van der Waals surface area contributed by atoms with Crippen molar-refractivity contribution in [2.45, 2.75) is 13.0 Å². The maximum absolute atomic E-state index is 4.44. The number of pyridine rings is 1. The molecule has 118 valence electrons. The highest BCUT2D eigenvalue weighted by Gasteiger charge is 2.21. The van der Waals surface area contributed by atoms with Crippen LogP contribution < -0.4 is 5.32 Å². The summed E-state index contributed by atoms with van der Waals surface area (Å²) in [5.41, 5.74) is 3.03. The van der Waals surface area contributed by atoms with Gasteiger partial charge in [-0.25, -0.2) is 0 Å². The van der Waals surface area contributed by atoms with Gasteiger partial charge in [0.2, 0.25) is 0 Å². The molecular formula is C19H17N5. The van der Waals surface area contributed by atoms with Crippen molar-refractivity contribution in [1.29, 1.82) is 0 Å². The second-order valence-corrected chi connectivity index (χ2v) is 5.66. The Hall–Kier alpha value is -3.21. The first kappa shape index (κ1) is 14.4. The molecule has 24 heavy (non-hydrogen) atoms. The number of nitrogens with one attached hydrogen (secondary N) is 1. The second kappa shape index (κ2) is 6.12. The topological polar surface area (TPSA) is 55.6 Å². The summed E-state index contributed by atoms with van der Waals surface area (Å²) >= 11 is 0. The SMILES string of the molecule is Cc1ccc(-n2c(-c3ccccn3)nnc2C2C=CC=CN2)cc1. The standard InChI is InChI=1S/C19H17N5/c1-14-8-10-15(11-9-14)24-18(16-6-2-4-12-20-16)22-23-19(24)17-7-3-5-13-21-17/h2-13,16,20H,1H3. The molecule has 0 fully saturated rings. The van der Waals surface area contributed by atoms with E-state index in [1.54, 1.807) is 6.20 Å². The molecule has 0 saturated heterocycles. The minimum absolute atomic E-state index is 0.0266. The van der Waals surface area contributed by atoms with E-state index in [-0.39, 0.29) is 6.04 Å². The lowest BCUT2D eigenvalue weighted by atomic mass is 10.2. The lowest BCUT2D eigenvalue weighted by molar-refractivity contribution is 0.673. The molecule has 3 heterocycles. The van der Waals surface area contributed by atoms with Gasteiger partial charge in [0.05, 0.1) is 0 Å². The number of aryl methyl sites for hydroxylation is 1. The third kappa shape index (κ3) is 2.60. The van der Waals surface area contributed by atoms with E-state index in [1.807, 2.05) is 36.6 Å². The Morgan fingerprint density at radius 2 is 1.88 bits per heavy atom. The van der Waals surface area contributed by atoms with Gasteiger partial charge in [0.25, 0.3) is 0 Å². The van der Waals surface area contributed by atoms with Crippen LogP contribution >= 0.6 is 0 Å². The van der Waals surface area contributed by atoms with E-state index in [2.05, 4.69) is 62.3 Å². The Labute approximate surface area is 140 Å². The lowest BCUT2D eigenvalue weighted by Crippen LogP contribution is -2.19. The van der Waals surface area contributed by atoms with Crippen LogP contribution in [-0.4, -0.2) is 19.7 Å². The van der Waals surface area contributed by atoms with Crippen LogP contribution in [0.1, 0.15) is 17.4 Å². The van der Waals surface area contributed by atoms with Crippen LogP contribution in [0.2, 0.25) is 0 Å². The van der Waals surface area contributed by atoms with Crippen LogP contribution in [0.5, 0.6) is 0 Å². The largest absolute Gasteiger partial charge is 0.378 e. The molecule has 5 nitrogen and oxygen atoms in total. The number of dihydropyridines is 1. The van der Waals surface area contributed by atoms with E-state index < -0.39 is 0 Å². The van der Waals surface area contributed by atoms with Crippen molar-refractivity contribution >= 4 is 0 Å². The van der Waals surface area contributed by atoms with Gasteiger partial charge < -0.3 is 5.32 Å². The van der Waals surface area contributed by atoms with Gasteiger partial charge in [0.1, 0.15) is 11.7 Å². The van der Waals surface area contributed by atoms with Crippen LogP contribution in [0.4, 0.5) is 0 Å². The van der Waals surface area contributed by atoms with Crippen molar-refractivity contribution in [2.75, 3.05) is 0 Å². The summed E-state index contributed by atoms with van der Waals surface area (Å²) in [5, 5.41) is 12.2. The Kier molecular flexibility index (Phi) is 3.67. The Morgan fingerprint density at radius 3 is 2.58 bits per heavy atom. The summed E-state index contributed by atoms with van der Waals surface area (Å²) in [6.45, 7) is 2.08. The highest BCUT2D eigenvalue weighted by Crippen LogP contribution is 2.26. The Bertz CT molecular complexity index is 891. The molecule has 5 heteroatoms. The smallest absolute Gasteiger partial charge is 0.187 e. The fraction of sp³-hybridized carbons (Fsp3) is 0.105. The van der Waals surface area contributed by atoms with E-state index in [0.29, 0.717) is 0 Å². The third-order valence-corrected chi connectivity index (χ3v) is 3.94. The number of hydrogen-bond acceptors (Lipinski definition) is 4. The van der Waals surface area contributed by atoms with Crippen LogP contribution in [-0.2, 0) is 0 Å². The van der Waals surface area contributed by atoms with Gasteiger partial charge in [-0.3, -0.25) is 9.55 Å². The predicted octanol–water partition coefficient (Wildman–Crippen LogP) is 3.35. The maximum atomic E-state index is 4.44. The van der Waals surface area contributed by atoms with Crippen molar-refractivity contribution in [3.63, 3.8) is 0 Å². The highest BCUT2D eigenvalue weighted by atomic mass is 15.3. The van der Waals surface area contributed by atoms with Crippen molar-refractivity contribution in [3.05, 3.63) is 84.5 Å². The van der Waals surface area contributed by atoms with Gasteiger partial charge in [-0.1, -0.05) is 35.9 Å². The third-order valence-electron chi connectivity index (χ3n) is 3.94. The number of nitrogens with zero attached hydrogens (tertiary/aromatic N) is 4. The zero-order chi connectivity index (χ0) is 16.4. The first-order chi connectivity index (χ1) is 11.8. The quantitative estimate of drug-likeness (QED) is 0.805. The minimum Gasteiger partial charge on any atom is -0.378 e. The van der Waals surface area contributed by atoms with Gasteiger partial charge in [0, 0.05) is 11.9 Å². The van der Waals surface area contributed by atoms with Crippen molar-refractivity contribution in [1.82, 2.24) is 25.1 Å². The van der Waals surface area contributed by atoms with E-state index in [0.717, 1.165) is 23.0 Å². The van der Waals surface area contributed by atoms with E-state index >= 15 is 0 Å². The van der Waals surface area contributed by atoms with Crippen molar-refractivity contribution in [3.8, 4) is 17.2 Å². The molecule has 0 spiro atoms. The highest BCUT2D eigenvalue weighted by molar-refractivity contribution is 5.54. The van der Waals surface area contributed by atoms with Gasteiger partial charge in [-0.05, 0) is 43.5 Å². The summed E-state index contributed by atoms with van der Waals surface area (Å²) in [4.78, 5) is 4.44. The van der Waals surface area contributed by atoms with E-state index in [1.165, 1.54) is 5.56 Å². The molecule has 0 bridgehead atoms. The van der Waals surface area contributed by atoms with Crippen LogP contribution in [0, 0.1) is 6.92 Å². The number of allylic oxidation sites excluding steroid dienone is 2. The molecule has 0 saturated carbocycles. The van der Waals surface area contributed by atoms with E-state index in [9.17, 15) is 0 Å². The average molecular weight is 315 g/mol. The molecule has 1 aromatic carbocycles. The number of hydrogen-bond donors (Lipinski definition) is 1. The zero-order valence-corrected chi connectivity index (χ0v) is 13.3. The summed E-state index contributed by atoms with van der Waals surface area (Å²) in [5.74, 6) is 1.57. The van der Waals surface area contributed by atoms with Crippen LogP contribution in [0.15, 0.2) is 73.1 Å². The molecule has 1 N–H and O–H groups in total. The molecule has 1 atom stereocenters. The number of rotatable bonds is 3. The molecule has 2 aromatic heterocycles. The fourth-order valence-electron chi connectivity index (χ4n) is 2.71. The molecule has 1 aliphatic heterocycles. The summed E-state index contributed by atoms with van der Waals surface area (Å²) < 4.78 is 2.06. The normalized spacial score (nSPS) is 16.1. The van der Waals surface area contributed by atoms with Gasteiger partial charge in [0.15, 0.2) is 11.6 Å². The van der Waals surface area contributed by atoms with Crippen LogP contribution in [0.25, 0.3) is 17.2 Å². The molecule has 1 unspecified atom stereocenters. The molecule has 3 aromatic rings. The molecule has 0 amide bonds. The minimum atomic E-state index is -0.0266. The van der Waals surface area contributed by atoms with Gasteiger partial charge >= 0.3 is 0 Å². The monoisotopic (exact) mass is 315 g/mol. The molecule has 4 rings (SSSR count). The van der Waals surface area contributed by atoms with Crippen molar-refractivity contribution < 1.29 is 0 Å². The first-order valence-corrected chi connectivity index (χ1v) is 7.86. The van der Waals surface area contributed by atoms with E-state index in [4.69, 9.17) is 0 Å². The zero-order valence-electron chi connectivity index (χ0n) is 13.3. The van der Waals surface area contributed by atoms with Crippen molar-refractivity contribution in [2.24, 2.45) is 0 Å². The first-order valence-electron chi connectivity index (χ1n) is 7.86. The maximum Gasteiger partial charge on any atom is 0.187 e. The predicted molar refractivity (Wildman–Crippen MR) is 93.5 cm³/mol. The Balaban J connectivity index is 1.89. The second-order valence-electron chi connectivity index (χ2n) is 5.66. The average Bonchev–Trinajstić information content (AvgIpc) is 3.09. The summed E-state index contributed by atoms with van der Waals surface area (Å²) in [6, 6.07) is 14.1. The van der Waals surface area contributed by atoms with Crippen LogP contribution in [0.3, 0.4) is 0 Å². The lowest BCUT2D eigenvalue weighted by Gasteiger charge is -2.17.